The molecular formula is C27H33N3O5. The number of esters is 1. The Balaban J connectivity index is 1.23. The molecule has 1 aliphatic rings. The summed E-state index contributed by atoms with van der Waals surface area (Å²) in [6.07, 6.45) is 3.73. The second-order valence-corrected chi connectivity index (χ2v) is 8.44. The van der Waals surface area contributed by atoms with Gasteiger partial charge in [0.1, 0.15) is 11.4 Å². The van der Waals surface area contributed by atoms with Crippen LogP contribution in [0.3, 0.4) is 0 Å². The Morgan fingerprint density at radius 2 is 1.71 bits per heavy atom. The molecule has 0 aliphatic heterocycles. The average Bonchev–Trinajstić information content (AvgIpc) is 3.32. The van der Waals surface area contributed by atoms with Crippen LogP contribution >= 0.6 is 0 Å². The third-order valence-electron chi connectivity index (χ3n) is 6.10. The molecule has 0 saturated heterocycles. The van der Waals surface area contributed by atoms with Gasteiger partial charge in [0.25, 0.3) is 0 Å². The number of aromatic nitrogens is 3. The van der Waals surface area contributed by atoms with E-state index in [1.165, 1.54) is 5.56 Å². The fraction of sp³-hybridized carbons (Fsp3) is 0.444. The second kappa shape index (κ2) is 13.1. The molecule has 4 rings (SSSR count). The highest BCUT2D eigenvalue weighted by molar-refractivity contribution is 5.78. The fourth-order valence-electron chi connectivity index (χ4n) is 4.07. The Hall–Kier alpha value is -3.07. The van der Waals surface area contributed by atoms with Crippen LogP contribution in [0.2, 0.25) is 0 Å². The van der Waals surface area contributed by atoms with Crippen molar-refractivity contribution in [2.75, 3.05) is 39.6 Å². The minimum Gasteiger partial charge on any atom is -0.426 e. The fourth-order valence-corrected chi connectivity index (χ4v) is 4.07. The molecule has 8 nitrogen and oxygen atoms in total. The molecule has 0 bridgehead atoms. The highest BCUT2D eigenvalue weighted by Crippen LogP contribution is 2.43. The number of carbonyl (C=O) groups is 1. The normalized spacial score (nSPS) is 17.2. The van der Waals surface area contributed by atoms with Crippen molar-refractivity contribution in [3.63, 3.8) is 0 Å². The van der Waals surface area contributed by atoms with Crippen LogP contribution in [0.5, 0.6) is 5.75 Å². The van der Waals surface area contributed by atoms with Gasteiger partial charge < -0.3 is 18.9 Å². The van der Waals surface area contributed by atoms with Crippen LogP contribution < -0.4 is 4.74 Å². The van der Waals surface area contributed by atoms with Crippen LogP contribution in [0.15, 0.2) is 60.8 Å². The molecule has 0 N–H and O–H groups in total. The van der Waals surface area contributed by atoms with Crippen LogP contribution in [0.25, 0.3) is 11.3 Å². The summed E-state index contributed by atoms with van der Waals surface area (Å²) in [6.45, 7) is 6.00. The Morgan fingerprint density at radius 3 is 2.46 bits per heavy atom. The van der Waals surface area contributed by atoms with Crippen molar-refractivity contribution >= 4 is 5.97 Å². The predicted octanol–water partition coefficient (Wildman–Crippen LogP) is 4.11. The van der Waals surface area contributed by atoms with Crippen LogP contribution in [0.1, 0.15) is 31.2 Å². The average molecular weight is 480 g/mol. The number of nitrogens with zero attached hydrogens (tertiary/aromatic N) is 3. The molecule has 35 heavy (non-hydrogen) atoms. The summed E-state index contributed by atoms with van der Waals surface area (Å²) in [4.78, 5) is 12.8. The summed E-state index contributed by atoms with van der Waals surface area (Å²) in [7, 11) is 0. The van der Waals surface area contributed by atoms with E-state index in [0.717, 1.165) is 18.4 Å². The molecule has 1 saturated carbocycles. The number of benzene rings is 2. The molecule has 0 amide bonds. The summed E-state index contributed by atoms with van der Waals surface area (Å²) in [5.41, 5.74) is 2.76. The van der Waals surface area contributed by atoms with Gasteiger partial charge in [0.05, 0.1) is 51.7 Å². The highest BCUT2D eigenvalue weighted by Gasteiger charge is 2.38. The number of ether oxygens (including phenoxy) is 4. The monoisotopic (exact) mass is 479 g/mol. The summed E-state index contributed by atoms with van der Waals surface area (Å²) in [5, 5.41) is 8.43. The maximum Gasteiger partial charge on any atom is 0.314 e. The Kier molecular flexibility index (Phi) is 9.39. The molecule has 0 radical (unpaired) electrons. The maximum atomic E-state index is 12.8. The molecule has 1 aromatic heterocycles. The Morgan fingerprint density at radius 1 is 0.943 bits per heavy atom. The topological polar surface area (TPSA) is 84.7 Å². The van der Waals surface area contributed by atoms with Gasteiger partial charge >= 0.3 is 5.97 Å². The molecule has 1 fully saturated rings. The van der Waals surface area contributed by atoms with Crippen molar-refractivity contribution < 1.29 is 23.7 Å². The summed E-state index contributed by atoms with van der Waals surface area (Å²) < 4.78 is 23.7. The lowest BCUT2D eigenvalue weighted by atomic mass is 9.70. The highest BCUT2D eigenvalue weighted by atomic mass is 16.5. The van der Waals surface area contributed by atoms with E-state index >= 15 is 0 Å². The Labute approximate surface area is 206 Å². The van der Waals surface area contributed by atoms with Gasteiger partial charge in [-0.05, 0) is 43.4 Å². The molecule has 1 aliphatic carbocycles. The van der Waals surface area contributed by atoms with Crippen LogP contribution in [0, 0.1) is 5.92 Å². The van der Waals surface area contributed by atoms with E-state index in [2.05, 4.69) is 22.4 Å². The van der Waals surface area contributed by atoms with Crippen LogP contribution in [-0.4, -0.2) is 60.6 Å². The SMILES string of the molecule is CCOCCOCCOCCn1cc(-c2cccc(OC(=O)[C@@H]3CC[C@@H]3c3ccccc3)c2)nn1. The minimum atomic E-state index is -0.176. The summed E-state index contributed by atoms with van der Waals surface area (Å²) in [6, 6.07) is 17.6. The molecule has 3 aromatic rings. The van der Waals surface area contributed by atoms with Gasteiger partial charge in [-0.1, -0.05) is 47.7 Å². The van der Waals surface area contributed by atoms with E-state index in [0.29, 0.717) is 57.6 Å². The lowest BCUT2D eigenvalue weighted by Crippen LogP contribution is -2.34. The smallest absolute Gasteiger partial charge is 0.314 e. The molecule has 1 heterocycles. The van der Waals surface area contributed by atoms with Crippen LogP contribution in [0.4, 0.5) is 0 Å². The second-order valence-electron chi connectivity index (χ2n) is 8.44. The zero-order valence-electron chi connectivity index (χ0n) is 20.2. The number of hydrogen-bond donors (Lipinski definition) is 0. The van der Waals surface area contributed by atoms with Gasteiger partial charge in [0, 0.05) is 12.2 Å². The van der Waals surface area contributed by atoms with Gasteiger partial charge in [0.15, 0.2) is 0 Å². The van der Waals surface area contributed by atoms with Gasteiger partial charge in [-0.3, -0.25) is 4.79 Å². The van der Waals surface area contributed by atoms with Crippen molar-refractivity contribution in [3.8, 4) is 17.0 Å². The standard InChI is InChI=1S/C27H33N3O5/c1-2-32-15-16-34-18-17-33-14-13-30-20-26(28-29-30)22-9-6-10-23(19-22)35-27(31)25-12-11-24(25)21-7-4-3-5-8-21/h3-10,19-20,24-25H,2,11-18H2,1H3/t24-,25-/m1/s1. The summed E-state index contributed by atoms with van der Waals surface area (Å²) >= 11 is 0. The zero-order valence-corrected chi connectivity index (χ0v) is 20.2. The van der Waals surface area contributed by atoms with Crippen LogP contribution in [-0.2, 0) is 25.5 Å². The largest absolute Gasteiger partial charge is 0.426 e. The number of rotatable bonds is 14. The molecule has 2 aromatic carbocycles. The quantitative estimate of drug-likeness (QED) is 0.195. The van der Waals surface area contributed by atoms with Gasteiger partial charge in [-0.25, -0.2) is 4.68 Å². The molecule has 0 spiro atoms. The van der Waals surface area contributed by atoms with Gasteiger partial charge in [-0.15, -0.1) is 5.10 Å². The maximum absolute atomic E-state index is 12.8. The first-order valence-electron chi connectivity index (χ1n) is 12.2. The van der Waals surface area contributed by atoms with E-state index in [1.54, 1.807) is 10.7 Å². The third kappa shape index (κ3) is 7.21. The zero-order chi connectivity index (χ0) is 24.3. The first kappa shape index (κ1) is 25.0. The van der Waals surface area contributed by atoms with Crippen molar-refractivity contribution in [2.24, 2.45) is 5.92 Å². The van der Waals surface area contributed by atoms with Crippen molar-refractivity contribution in [1.82, 2.24) is 15.0 Å². The molecular weight excluding hydrogens is 446 g/mol. The van der Waals surface area contributed by atoms with Gasteiger partial charge in [-0.2, -0.15) is 0 Å². The minimum absolute atomic E-state index is 0.1000. The first-order chi connectivity index (χ1) is 17.2. The Bertz CT molecular complexity index is 1060. The molecule has 2 atom stereocenters. The van der Waals surface area contributed by atoms with E-state index in [9.17, 15) is 4.79 Å². The predicted molar refractivity (Wildman–Crippen MR) is 131 cm³/mol. The first-order valence-corrected chi connectivity index (χ1v) is 12.2. The van der Waals surface area contributed by atoms with Gasteiger partial charge in [0.2, 0.25) is 0 Å². The number of hydrogen-bond acceptors (Lipinski definition) is 7. The van der Waals surface area contributed by atoms with E-state index in [4.69, 9.17) is 18.9 Å². The van der Waals surface area contributed by atoms with E-state index < -0.39 is 0 Å². The lowest BCUT2D eigenvalue weighted by molar-refractivity contribution is -0.142. The number of carbonyl (C=O) groups excluding carboxylic acids is 1. The third-order valence-corrected chi connectivity index (χ3v) is 6.10. The van der Waals surface area contributed by atoms with E-state index in [1.807, 2.05) is 49.5 Å². The lowest BCUT2D eigenvalue weighted by Gasteiger charge is -2.35. The molecule has 0 unspecified atom stereocenters. The summed E-state index contributed by atoms with van der Waals surface area (Å²) in [5.74, 6) is 0.478. The van der Waals surface area contributed by atoms with Crippen molar-refractivity contribution in [2.45, 2.75) is 32.2 Å². The van der Waals surface area contributed by atoms with Crippen molar-refractivity contribution in [3.05, 3.63) is 66.4 Å². The van der Waals surface area contributed by atoms with Crippen molar-refractivity contribution in [1.29, 1.82) is 0 Å². The van der Waals surface area contributed by atoms with E-state index in [-0.39, 0.29) is 17.8 Å². The molecule has 186 valence electrons. The molecule has 8 heteroatoms.